The van der Waals surface area contributed by atoms with Crippen molar-refractivity contribution in [1.29, 1.82) is 0 Å². The molecular weight excluding hydrogens is 517 g/mol. The molecule has 1 saturated heterocycles. The van der Waals surface area contributed by atoms with Gasteiger partial charge in [0.25, 0.3) is 5.91 Å². The summed E-state index contributed by atoms with van der Waals surface area (Å²) < 4.78 is 40.3. The Kier molecular flexibility index (Phi) is 5.26. The number of para-hydroxylation sites is 1. The highest BCUT2D eigenvalue weighted by atomic mass is 19.4. The van der Waals surface area contributed by atoms with E-state index in [2.05, 4.69) is 5.32 Å². The van der Waals surface area contributed by atoms with Gasteiger partial charge in [-0.15, -0.1) is 0 Å². The normalized spacial score (nSPS) is 22.5. The first-order valence-electron chi connectivity index (χ1n) is 12.9. The van der Waals surface area contributed by atoms with Crippen molar-refractivity contribution in [3.8, 4) is 0 Å². The summed E-state index contributed by atoms with van der Waals surface area (Å²) in [5, 5.41) is 2.32. The maximum absolute atomic E-state index is 14.0. The number of halogens is 3. The number of benzene rings is 4. The molecule has 0 radical (unpaired) electrons. The van der Waals surface area contributed by atoms with Gasteiger partial charge >= 0.3 is 6.18 Å². The zero-order chi connectivity index (χ0) is 27.8. The second kappa shape index (κ2) is 8.64. The van der Waals surface area contributed by atoms with Crippen molar-refractivity contribution in [2.75, 3.05) is 10.2 Å². The van der Waals surface area contributed by atoms with Gasteiger partial charge in [-0.1, -0.05) is 66.7 Å². The molecule has 198 valence electrons. The van der Waals surface area contributed by atoms with Crippen LogP contribution in [0.3, 0.4) is 0 Å². The van der Waals surface area contributed by atoms with E-state index >= 15 is 0 Å². The number of hydrogen-bond acceptors (Lipinski definition) is 3. The smallest absolute Gasteiger partial charge is 0.321 e. The first kappa shape index (κ1) is 24.3. The largest absolute Gasteiger partial charge is 0.418 e. The molecule has 0 spiro atoms. The molecule has 1 aliphatic heterocycles. The Bertz CT molecular complexity index is 1620. The van der Waals surface area contributed by atoms with Gasteiger partial charge in [0.1, 0.15) is 0 Å². The van der Waals surface area contributed by atoms with E-state index in [-0.39, 0.29) is 40.6 Å². The molecule has 0 unspecified atom stereocenters. The van der Waals surface area contributed by atoms with Crippen LogP contribution in [0.15, 0.2) is 97.1 Å². The van der Waals surface area contributed by atoms with Crippen LogP contribution in [0, 0.1) is 11.8 Å². The van der Waals surface area contributed by atoms with Gasteiger partial charge < -0.3 is 5.32 Å². The molecule has 3 aliphatic carbocycles. The molecule has 1 fully saturated rings. The van der Waals surface area contributed by atoms with Crippen molar-refractivity contribution in [2.24, 2.45) is 11.8 Å². The summed E-state index contributed by atoms with van der Waals surface area (Å²) in [6.45, 7) is 0. The molecule has 8 heteroatoms. The predicted octanol–water partition coefficient (Wildman–Crippen LogP) is 6.35. The molecule has 0 saturated carbocycles. The number of nitrogens with zero attached hydrogens (tertiary/aromatic N) is 1. The van der Waals surface area contributed by atoms with Crippen molar-refractivity contribution >= 4 is 29.1 Å². The van der Waals surface area contributed by atoms with Crippen LogP contribution in [0.5, 0.6) is 0 Å². The molecule has 40 heavy (non-hydrogen) atoms. The van der Waals surface area contributed by atoms with Gasteiger partial charge in [0, 0.05) is 17.4 Å². The minimum absolute atomic E-state index is 0.0273. The SMILES string of the molecule is O=C(Nc1ccccc1C(F)(F)F)c1cccc(N2C(=O)[C@H]3C4c5ccccc5C(c5ccccc54)[C@@H]3C2=O)c1. The number of anilines is 2. The summed E-state index contributed by atoms with van der Waals surface area (Å²) in [5.41, 5.74) is 3.09. The molecule has 1 N–H and O–H groups in total. The van der Waals surface area contributed by atoms with Crippen molar-refractivity contribution in [3.63, 3.8) is 0 Å². The number of nitrogens with one attached hydrogen (secondary N) is 1. The second-order valence-electron chi connectivity index (χ2n) is 10.3. The van der Waals surface area contributed by atoms with Gasteiger partial charge in [-0.25, -0.2) is 4.90 Å². The van der Waals surface area contributed by atoms with Crippen LogP contribution in [0.1, 0.15) is 50.0 Å². The highest BCUT2D eigenvalue weighted by molar-refractivity contribution is 6.23. The zero-order valence-electron chi connectivity index (χ0n) is 20.9. The van der Waals surface area contributed by atoms with Gasteiger partial charge in [0.2, 0.25) is 11.8 Å². The molecule has 1 heterocycles. The quantitative estimate of drug-likeness (QED) is 0.309. The summed E-state index contributed by atoms with van der Waals surface area (Å²) in [6.07, 6.45) is -4.65. The molecular formula is C32H21F3N2O3. The van der Waals surface area contributed by atoms with Gasteiger partial charge in [-0.05, 0) is 52.6 Å². The summed E-state index contributed by atoms with van der Waals surface area (Å²) >= 11 is 0. The lowest BCUT2D eigenvalue weighted by atomic mass is 9.55. The Labute approximate surface area is 227 Å². The maximum atomic E-state index is 14.0. The molecule has 5 nitrogen and oxygen atoms in total. The average Bonchev–Trinajstić information content (AvgIpc) is 3.23. The maximum Gasteiger partial charge on any atom is 0.418 e. The third kappa shape index (κ3) is 3.45. The number of imide groups is 1. The third-order valence-electron chi connectivity index (χ3n) is 8.30. The Balaban J connectivity index is 1.24. The van der Waals surface area contributed by atoms with Crippen LogP contribution < -0.4 is 10.2 Å². The van der Waals surface area contributed by atoms with E-state index < -0.39 is 29.5 Å². The number of alkyl halides is 3. The van der Waals surface area contributed by atoms with Crippen molar-refractivity contribution in [1.82, 2.24) is 0 Å². The first-order chi connectivity index (χ1) is 19.3. The van der Waals surface area contributed by atoms with E-state index in [1.54, 1.807) is 6.07 Å². The molecule has 8 rings (SSSR count). The highest BCUT2D eigenvalue weighted by Gasteiger charge is 2.61. The monoisotopic (exact) mass is 538 g/mol. The van der Waals surface area contributed by atoms with Gasteiger partial charge in [-0.2, -0.15) is 13.2 Å². The summed E-state index contributed by atoms with van der Waals surface area (Å²) in [5.74, 6) is -3.17. The van der Waals surface area contributed by atoms with Crippen LogP contribution in [-0.2, 0) is 15.8 Å². The van der Waals surface area contributed by atoms with Crippen LogP contribution in [0.2, 0.25) is 0 Å². The lowest BCUT2D eigenvalue weighted by molar-refractivity contribution is -0.137. The van der Waals surface area contributed by atoms with E-state index in [1.165, 1.54) is 36.4 Å². The Morgan fingerprint density at radius 1 is 0.675 bits per heavy atom. The molecule has 2 atom stereocenters. The van der Waals surface area contributed by atoms with Crippen LogP contribution in [-0.4, -0.2) is 17.7 Å². The average molecular weight is 539 g/mol. The Morgan fingerprint density at radius 2 is 1.18 bits per heavy atom. The summed E-state index contributed by atoms with van der Waals surface area (Å²) in [6, 6.07) is 26.4. The number of carbonyl (C=O) groups is 3. The Hall–Kier alpha value is -4.72. The van der Waals surface area contributed by atoms with Gasteiger partial charge in [0.05, 0.1) is 28.8 Å². The van der Waals surface area contributed by atoms with E-state index in [0.29, 0.717) is 0 Å². The van der Waals surface area contributed by atoms with Crippen molar-refractivity contribution < 1.29 is 27.6 Å². The first-order valence-corrected chi connectivity index (χ1v) is 12.9. The molecule has 4 aromatic carbocycles. The Morgan fingerprint density at radius 3 is 1.70 bits per heavy atom. The molecule has 4 aromatic rings. The predicted molar refractivity (Wildman–Crippen MR) is 142 cm³/mol. The fourth-order valence-electron chi connectivity index (χ4n) is 6.75. The van der Waals surface area contributed by atoms with Crippen molar-refractivity contribution in [3.05, 3.63) is 130 Å². The fraction of sp³-hybridized carbons (Fsp3) is 0.156. The number of rotatable bonds is 3. The minimum Gasteiger partial charge on any atom is -0.321 e. The summed E-state index contributed by atoms with van der Waals surface area (Å²) in [7, 11) is 0. The summed E-state index contributed by atoms with van der Waals surface area (Å²) in [4.78, 5) is 42.1. The van der Waals surface area contributed by atoms with Gasteiger partial charge in [-0.3, -0.25) is 14.4 Å². The lowest BCUT2D eigenvalue weighted by Gasteiger charge is -2.45. The number of carbonyl (C=O) groups excluding carboxylic acids is 3. The van der Waals surface area contributed by atoms with E-state index in [9.17, 15) is 27.6 Å². The van der Waals surface area contributed by atoms with Gasteiger partial charge in [0.15, 0.2) is 0 Å². The van der Waals surface area contributed by atoms with Crippen molar-refractivity contribution in [2.45, 2.75) is 18.0 Å². The van der Waals surface area contributed by atoms with E-state index in [1.807, 2.05) is 48.5 Å². The second-order valence-corrected chi connectivity index (χ2v) is 10.3. The molecule has 3 amide bonds. The fourth-order valence-corrected chi connectivity index (χ4v) is 6.75. The zero-order valence-corrected chi connectivity index (χ0v) is 20.9. The van der Waals surface area contributed by atoms with Crippen LogP contribution >= 0.6 is 0 Å². The molecule has 4 aliphatic rings. The molecule has 2 bridgehead atoms. The van der Waals surface area contributed by atoms with Crippen LogP contribution in [0.4, 0.5) is 24.5 Å². The topological polar surface area (TPSA) is 66.5 Å². The highest BCUT2D eigenvalue weighted by Crippen LogP contribution is 2.61. The molecule has 0 aromatic heterocycles. The standard InChI is InChI=1S/C32H21F3N2O3/c33-32(34,35)23-14-5-6-15-24(23)36-29(38)17-8-7-9-18(16-17)37-30(39)27-25-19-10-1-2-11-20(19)26(28(27)31(37)40)22-13-4-3-12-21(22)25/h1-16,25-28H,(H,36,38)/t25?,26?,27-,28-/m0/s1. The third-order valence-corrected chi connectivity index (χ3v) is 8.30. The van der Waals surface area contributed by atoms with Crippen LogP contribution in [0.25, 0.3) is 0 Å². The number of amides is 3. The van der Waals surface area contributed by atoms with E-state index in [4.69, 9.17) is 0 Å². The minimum atomic E-state index is -4.65. The lowest BCUT2D eigenvalue weighted by Crippen LogP contribution is -2.41. The number of hydrogen-bond donors (Lipinski definition) is 1. The van der Waals surface area contributed by atoms with E-state index in [0.717, 1.165) is 33.2 Å².